The Kier molecular flexibility index (Phi) is 4.91. The van der Waals surface area contributed by atoms with Crippen LogP contribution in [-0.2, 0) is 4.79 Å². The second-order valence-corrected chi connectivity index (χ2v) is 5.15. The van der Waals surface area contributed by atoms with Crippen molar-refractivity contribution in [2.24, 2.45) is 4.99 Å². The molecule has 0 saturated heterocycles. The molecule has 1 N–H and O–H groups in total. The number of carbonyl (C=O) groups excluding carboxylic acids is 1. The van der Waals surface area contributed by atoms with Crippen LogP contribution in [0, 0.1) is 0 Å². The van der Waals surface area contributed by atoms with Crippen molar-refractivity contribution in [3.8, 4) is 11.5 Å². The zero-order chi connectivity index (χ0) is 16.8. The maximum Gasteiger partial charge on any atom is 0.275 e. The van der Waals surface area contributed by atoms with E-state index in [1.54, 1.807) is 6.08 Å². The number of hydrogen-bond acceptors (Lipinski definition) is 4. The predicted molar refractivity (Wildman–Crippen MR) is 93.1 cm³/mol. The molecule has 1 heterocycles. The number of carbonyl (C=O) groups is 1. The minimum absolute atomic E-state index is 0.219. The largest absolute Gasteiger partial charge is 0.494 e. The fourth-order valence-corrected chi connectivity index (χ4v) is 2.24. The van der Waals surface area contributed by atoms with Gasteiger partial charge < -0.3 is 14.8 Å². The minimum Gasteiger partial charge on any atom is -0.494 e. The average Bonchev–Trinajstić information content (AvgIpc) is 2.96. The van der Waals surface area contributed by atoms with Crippen molar-refractivity contribution in [2.75, 3.05) is 13.2 Å². The van der Waals surface area contributed by atoms with Gasteiger partial charge in [-0.05, 0) is 42.8 Å². The summed E-state index contributed by atoms with van der Waals surface area (Å²) in [6.45, 7) is 2.78. The quantitative estimate of drug-likeness (QED) is 0.832. The Hall–Kier alpha value is -3.08. The van der Waals surface area contributed by atoms with Crippen LogP contribution in [0.4, 0.5) is 0 Å². The van der Waals surface area contributed by atoms with Gasteiger partial charge in [0.05, 0.1) is 6.61 Å². The summed E-state index contributed by atoms with van der Waals surface area (Å²) in [7, 11) is 0. The van der Waals surface area contributed by atoms with Crippen molar-refractivity contribution >= 4 is 17.8 Å². The highest BCUT2D eigenvalue weighted by Crippen LogP contribution is 2.17. The van der Waals surface area contributed by atoms with E-state index in [-0.39, 0.29) is 12.5 Å². The molecular formula is C19H18N2O3. The van der Waals surface area contributed by atoms with Gasteiger partial charge in [-0.15, -0.1) is 0 Å². The number of para-hydroxylation sites is 1. The van der Waals surface area contributed by atoms with Gasteiger partial charge in [0.2, 0.25) is 0 Å². The molecule has 24 heavy (non-hydrogen) atoms. The maximum atomic E-state index is 12.0. The molecular weight excluding hydrogens is 304 g/mol. The van der Waals surface area contributed by atoms with Crippen LogP contribution in [0.15, 0.2) is 65.3 Å². The Morgan fingerprint density at radius 3 is 2.42 bits per heavy atom. The maximum absolute atomic E-state index is 12.0. The van der Waals surface area contributed by atoms with Crippen LogP contribution in [0.25, 0.3) is 6.08 Å². The monoisotopic (exact) mass is 322 g/mol. The van der Waals surface area contributed by atoms with Gasteiger partial charge in [0, 0.05) is 0 Å². The molecule has 5 heteroatoms. The molecule has 0 spiro atoms. The zero-order valence-corrected chi connectivity index (χ0v) is 13.4. The molecule has 5 nitrogen and oxygen atoms in total. The van der Waals surface area contributed by atoms with Crippen LogP contribution in [0.2, 0.25) is 0 Å². The fourth-order valence-electron chi connectivity index (χ4n) is 2.24. The first-order valence-electron chi connectivity index (χ1n) is 7.76. The molecule has 1 aliphatic rings. The Morgan fingerprint density at radius 1 is 1.00 bits per heavy atom. The van der Waals surface area contributed by atoms with E-state index in [2.05, 4.69) is 10.3 Å². The summed E-state index contributed by atoms with van der Waals surface area (Å²) < 4.78 is 11.0. The topological polar surface area (TPSA) is 59.9 Å². The number of benzene rings is 2. The van der Waals surface area contributed by atoms with Gasteiger partial charge >= 0.3 is 0 Å². The van der Waals surface area contributed by atoms with Gasteiger partial charge in [-0.25, -0.2) is 4.99 Å². The lowest BCUT2D eigenvalue weighted by molar-refractivity contribution is -0.115. The first-order chi connectivity index (χ1) is 11.7. The van der Waals surface area contributed by atoms with Crippen molar-refractivity contribution in [1.29, 1.82) is 0 Å². The highest BCUT2D eigenvalue weighted by Gasteiger charge is 2.20. The number of aliphatic imine (C=N–C) groups is 1. The molecule has 0 aliphatic carbocycles. The summed E-state index contributed by atoms with van der Waals surface area (Å²) in [6.07, 6.45) is 1.74. The average molecular weight is 322 g/mol. The third-order valence-corrected chi connectivity index (χ3v) is 3.36. The SMILES string of the molecule is CCOc1ccc(/C=C2/N=C(COc3ccccc3)NC2=O)cc1. The van der Waals surface area contributed by atoms with Crippen LogP contribution < -0.4 is 14.8 Å². The molecule has 2 aromatic rings. The zero-order valence-electron chi connectivity index (χ0n) is 13.4. The van der Waals surface area contributed by atoms with Crippen LogP contribution >= 0.6 is 0 Å². The summed E-state index contributed by atoms with van der Waals surface area (Å²) >= 11 is 0. The van der Waals surface area contributed by atoms with E-state index in [4.69, 9.17) is 9.47 Å². The molecule has 0 fully saturated rings. The predicted octanol–water partition coefficient (Wildman–Crippen LogP) is 3.03. The Labute approximate surface area is 140 Å². The molecule has 3 rings (SSSR count). The third-order valence-electron chi connectivity index (χ3n) is 3.36. The smallest absolute Gasteiger partial charge is 0.275 e. The van der Waals surface area contributed by atoms with Gasteiger partial charge in [-0.3, -0.25) is 4.79 Å². The fraction of sp³-hybridized carbons (Fsp3) is 0.158. The Morgan fingerprint density at radius 2 is 1.71 bits per heavy atom. The molecule has 0 atom stereocenters. The van der Waals surface area contributed by atoms with E-state index in [1.165, 1.54) is 0 Å². The molecule has 0 saturated carbocycles. The summed E-state index contributed by atoms with van der Waals surface area (Å²) in [5, 5.41) is 2.72. The van der Waals surface area contributed by atoms with E-state index in [1.807, 2.05) is 61.5 Å². The Bertz CT molecular complexity index is 765. The summed E-state index contributed by atoms with van der Waals surface area (Å²) in [4.78, 5) is 16.3. The van der Waals surface area contributed by atoms with Gasteiger partial charge in [-0.2, -0.15) is 0 Å². The molecule has 0 radical (unpaired) electrons. The molecule has 1 aliphatic heterocycles. The number of nitrogens with one attached hydrogen (secondary N) is 1. The first kappa shape index (κ1) is 15.8. The number of hydrogen-bond donors (Lipinski definition) is 1. The van der Waals surface area contributed by atoms with E-state index >= 15 is 0 Å². The minimum atomic E-state index is -0.226. The molecule has 0 unspecified atom stereocenters. The highest BCUT2D eigenvalue weighted by molar-refractivity contribution is 6.14. The summed E-state index contributed by atoms with van der Waals surface area (Å²) in [5.74, 6) is 1.81. The number of amides is 1. The molecule has 2 aromatic carbocycles. The van der Waals surface area contributed by atoms with E-state index < -0.39 is 0 Å². The van der Waals surface area contributed by atoms with Gasteiger partial charge in [-0.1, -0.05) is 30.3 Å². The normalized spacial score (nSPS) is 15.1. The number of rotatable bonds is 6. The number of amidine groups is 1. The lowest BCUT2D eigenvalue weighted by atomic mass is 10.2. The van der Waals surface area contributed by atoms with Crippen LogP contribution in [-0.4, -0.2) is 25.0 Å². The molecule has 122 valence electrons. The van der Waals surface area contributed by atoms with E-state index in [0.717, 1.165) is 17.1 Å². The standard InChI is InChI=1S/C19H18N2O3/c1-2-23-16-10-8-14(9-11-16)12-17-19(22)21-18(20-17)13-24-15-6-4-3-5-7-15/h3-12H,2,13H2,1H3,(H,20,21,22)/b17-12+. The molecule has 0 bridgehead atoms. The van der Waals surface area contributed by atoms with E-state index in [9.17, 15) is 4.79 Å². The second-order valence-electron chi connectivity index (χ2n) is 5.15. The van der Waals surface area contributed by atoms with Crippen LogP contribution in [0.1, 0.15) is 12.5 Å². The van der Waals surface area contributed by atoms with E-state index in [0.29, 0.717) is 18.1 Å². The lowest BCUT2D eigenvalue weighted by Gasteiger charge is -2.04. The lowest BCUT2D eigenvalue weighted by Crippen LogP contribution is -2.28. The molecule has 0 aromatic heterocycles. The van der Waals surface area contributed by atoms with Crippen molar-refractivity contribution in [2.45, 2.75) is 6.92 Å². The van der Waals surface area contributed by atoms with Crippen molar-refractivity contribution in [3.63, 3.8) is 0 Å². The Balaban J connectivity index is 1.66. The second kappa shape index (κ2) is 7.46. The van der Waals surface area contributed by atoms with Gasteiger partial charge in [0.15, 0.2) is 0 Å². The number of nitrogens with zero attached hydrogens (tertiary/aromatic N) is 1. The summed E-state index contributed by atoms with van der Waals surface area (Å²) in [6, 6.07) is 16.9. The third kappa shape index (κ3) is 4.01. The van der Waals surface area contributed by atoms with Crippen LogP contribution in [0.5, 0.6) is 11.5 Å². The van der Waals surface area contributed by atoms with Gasteiger partial charge in [0.1, 0.15) is 29.6 Å². The van der Waals surface area contributed by atoms with Gasteiger partial charge in [0.25, 0.3) is 5.91 Å². The van der Waals surface area contributed by atoms with Crippen LogP contribution in [0.3, 0.4) is 0 Å². The highest BCUT2D eigenvalue weighted by atomic mass is 16.5. The molecule has 1 amide bonds. The van der Waals surface area contributed by atoms with Crippen molar-refractivity contribution in [1.82, 2.24) is 5.32 Å². The summed E-state index contributed by atoms with van der Waals surface area (Å²) in [5.41, 5.74) is 1.25. The van der Waals surface area contributed by atoms with Crippen molar-refractivity contribution in [3.05, 3.63) is 65.9 Å². The van der Waals surface area contributed by atoms with Crippen molar-refractivity contribution < 1.29 is 14.3 Å². The first-order valence-corrected chi connectivity index (χ1v) is 7.76. The number of ether oxygens (including phenoxy) is 2.